The molecular formula is C21H14ClF3N4O. The summed E-state index contributed by atoms with van der Waals surface area (Å²) < 4.78 is 40.2. The van der Waals surface area contributed by atoms with Gasteiger partial charge in [-0.15, -0.1) is 0 Å². The third kappa shape index (κ3) is 4.08. The van der Waals surface area contributed by atoms with Gasteiger partial charge < -0.3 is 10.6 Å². The Kier molecular flexibility index (Phi) is 5.09. The zero-order valence-electron chi connectivity index (χ0n) is 15.2. The molecule has 0 spiro atoms. The highest BCUT2D eigenvalue weighted by Crippen LogP contribution is 2.30. The SMILES string of the molecule is O=C(Nc1ccc(Nc2cccc3nc(C(F)(F)F)cn23)cc1)c1ccccc1Cl. The normalized spacial score (nSPS) is 11.5. The van der Waals surface area contributed by atoms with Gasteiger partial charge in [0.15, 0.2) is 5.69 Å². The highest BCUT2D eigenvalue weighted by Gasteiger charge is 2.34. The zero-order valence-corrected chi connectivity index (χ0v) is 16.0. The summed E-state index contributed by atoms with van der Waals surface area (Å²) in [6.07, 6.45) is -3.58. The van der Waals surface area contributed by atoms with Gasteiger partial charge in [0.25, 0.3) is 5.91 Å². The van der Waals surface area contributed by atoms with Crippen LogP contribution in [0, 0.1) is 0 Å². The molecule has 0 atom stereocenters. The molecule has 1 amide bonds. The minimum Gasteiger partial charge on any atom is -0.341 e. The van der Waals surface area contributed by atoms with Gasteiger partial charge in [0.1, 0.15) is 11.5 Å². The molecule has 0 aliphatic carbocycles. The minimum absolute atomic E-state index is 0.177. The van der Waals surface area contributed by atoms with E-state index >= 15 is 0 Å². The molecule has 5 nitrogen and oxygen atoms in total. The minimum atomic E-state index is -4.52. The lowest BCUT2D eigenvalue weighted by atomic mass is 10.2. The molecule has 0 bridgehead atoms. The molecule has 4 rings (SSSR count). The number of pyridine rings is 1. The van der Waals surface area contributed by atoms with E-state index in [9.17, 15) is 18.0 Å². The van der Waals surface area contributed by atoms with Crippen LogP contribution in [-0.2, 0) is 6.18 Å². The average molecular weight is 431 g/mol. The lowest BCUT2D eigenvalue weighted by Crippen LogP contribution is -2.12. The van der Waals surface area contributed by atoms with Crippen molar-refractivity contribution in [3.05, 3.63) is 89.2 Å². The summed E-state index contributed by atoms with van der Waals surface area (Å²) in [6.45, 7) is 0. The van der Waals surface area contributed by atoms with Gasteiger partial charge in [-0.05, 0) is 48.5 Å². The van der Waals surface area contributed by atoms with Crippen LogP contribution in [0.3, 0.4) is 0 Å². The molecule has 2 aromatic carbocycles. The Bertz CT molecular complexity index is 1220. The summed E-state index contributed by atoms with van der Waals surface area (Å²) in [5, 5.41) is 6.15. The van der Waals surface area contributed by atoms with Gasteiger partial charge in [0.2, 0.25) is 0 Å². The van der Waals surface area contributed by atoms with E-state index in [1.165, 1.54) is 10.5 Å². The lowest BCUT2D eigenvalue weighted by Gasteiger charge is -2.11. The summed E-state index contributed by atoms with van der Waals surface area (Å²) in [5.74, 6) is 0.0764. The maximum absolute atomic E-state index is 12.9. The fraction of sp³-hybridized carbons (Fsp3) is 0.0476. The lowest BCUT2D eigenvalue weighted by molar-refractivity contribution is -0.140. The third-order valence-electron chi connectivity index (χ3n) is 4.32. The second-order valence-electron chi connectivity index (χ2n) is 6.40. The van der Waals surface area contributed by atoms with Crippen LogP contribution >= 0.6 is 11.6 Å². The van der Waals surface area contributed by atoms with Crippen molar-refractivity contribution < 1.29 is 18.0 Å². The zero-order chi connectivity index (χ0) is 21.3. The molecule has 0 unspecified atom stereocenters. The molecule has 0 saturated carbocycles. The first-order chi connectivity index (χ1) is 14.3. The molecule has 2 aromatic heterocycles. The van der Waals surface area contributed by atoms with Crippen LogP contribution in [0.15, 0.2) is 72.9 Å². The van der Waals surface area contributed by atoms with E-state index in [4.69, 9.17) is 11.6 Å². The second kappa shape index (κ2) is 7.72. The van der Waals surface area contributed by atoms with Gasteiger partial charge in [-0.2, -0.15) is 13.2 Å². The van der Waals surface area contributed by atoms with Gasteiger partial charge in [-0.3, -0.25) is 9.20 Å². The molecule has 0 radical (unpaired) electrons. The maximum atomic E-state index is 12.9. The highest BCUT2D eigenvalue weighted by molar-refractivity contribution is 6.34. The van der Waals surface area contributed by atoms with Gasteiger partial charge in [-0.25, -0.2) is 4.98 Å². The number of halogens is 4. The van der Waals surface area contributed by atoms with Gasteiger partial charge in [0.05, 0.1) is 10.6 Å². The van der Waals surface area contributed by atoms with Crippen LogP contribution in [0.5, 0.6) is 0 Å². The maximum Gasteiger partial charge on any atom is 0.434 e. The summed E-state index contributed by atoms with van der Waals surface area (Å²) >= 11 is 6.03. The number of anilines is 3. The number of rotatable bonds is 4. The van der Waals surface area contributed by atoms with Crippen molar-refractivity contribution in [2.24, 2.45) is 0 Å². The molecular weight excluding hydrogens is 417 g/mol. The number of imidazole rings is 1. The number of hydrogen-bond donors (Lipinski definition) is 2. The molecule has 2 N–H and O–H groups in total. The number of nitrogens with zero attached hydrogens (tertiary/aromatic N) is 2. The molecule has 0 fully saturated rings. The third-order valence-corrected chi connectivity index (χ3v) is 4.65. The van der Waals surface area contributed by atoms with Crippen molar-refractivity contribution >= 4 is 40.3 Å². The van der Waals surface area contributed by atoms with Crippen LogP contribution in [0.25, 0.3) is 5.65 Å². The monoisotopic (exact) mass is 430 g/mol. The topological polar surface area (TPSA) is 58.4 Å². The molecule has 0 aliphatic heterocycles. The second-order valence-corrected chi connectivity index (χ2v) is 6.81. The molecule has 0 saturated heterocycles. The van der Waals surface area contributed by atoms with Crippen molar-refractivity contribution in [2.75, 3.05) is 10.6 Å². The van der Waals surface area contributed by atoms with Crippen LogP contribution in [0.1, 0.15) is 16.1 Å². The van der Waals surface area contributed by atoms with E-state index in [-0.39, 0.29) is 11.6 Å². The average Bonchev–Trinajstić information content (AvgIpc) is 3.16. The number of nitrogens with one attached hydrogen (secondary N) is 2. The van der Waals surface area contributed by atoms with Gasteiger partial charge >= 0.3 is 6.18 Å². The van der Waals surface area contributed by atoms with E-state index < -0.39 is 11.9 Å². The number of aromatic nitrogens is 2. The van der Waals surface area contributed by atoms with Crippen LogP contribution in [-0.4, -0.2) is 15.3 Å². The Balaban J connectivity index is 1.52. The van der Waals surface area contributed by atoms with Crippen molar-refractivity contribution in [2.45, 2.75) is 6.18 Å². The fourth-order valence-electron chi connectivity index (χ4n) is 2.88. The molecule has 9 heteroatoms. The summed E-state index contributed by atoms with van der Waals surface area (Å²) in [5.41, 5.74) is 0.741. The first-order valence-corrected chi connectivity index (χ1v) is 9.17. The number of alkyl halides is 3. The smallest absolute Gasteiger partial charge is 0.341 e. The Hall–Kier alpha value is -3.52. The Morgan fingerprint density at radius 2 is 1.63 bits per heavy atom. The van der Waals surface area contributed by atoms with E-state index in [0.717, 1.165) is 6.20 Å². The van der Waals surface area contributed by atoms with E-state index in [2.05, 4.69) is 15.6 Å². The van der Waals surface area contributed by atoms with Crippen molar-refractivity contribution in [1.29, 1.82) is 0 Å². The predicted molar refractivity (Wildman–Crippen MR) is 109 cm³/mol. The standard InChI is InChI=1S/C21H14ClF3N4O/c22-16-5-2-1-4-15(16)20(30)27-14-10-8-13(9-11-14)26-18-6-3-7-19-28-17(12-29(18)19)21(23,24)25/h1-12,26H,(H,27,30). The van der Waals surface area contributed by atoms with E-state index in [1.807, 2.05) is 0 Å². The number of fused-ring (bicyclic) bond motifs is 1. The Morgan fingerprint density at radius 3 is 2.33 bits per heavy atom. The van der Waals surface area contributed by atoms with Crippen molar-refractivity contribution in [1.82, 2.24) is 9.38 Å². The first-order valence-electron chi connectivity index (χ1n) is 8.79. The van der Waals surface area contributed by atoms with Crippen molar-refractivity contribution in [3.8, 4) is 0 Å². The highest BCUT2D eigenvalue weighted by atomic mass is 35.5. The van der Waals surface area contributed by atoms with Crippen LogP contribution in [0.4, 0.5) is 30.4 Å². The number of hydrogen-bond acceptors (Lipinski definition) is 3. The van der Waals surface area contributed by atoms with Crippen LogP contribution in [0.2, 0.25) is 5.02 Å². The molecule has 30 heavy (non-hydrogen) atoms. The number of benzene rings is 2. The Morgan fingerprint density at radius 1 is 0.933 bits per heavy atom. The molecule has 2 heterocycles. The van der Waals surface area contributed by atoms with E-state index in [1.54, 1.807) is 60.7 Å². The summed E-state index contributed by atoms with van der Waals surface area (Å²) in [6, 6.07) is 18.2. The quantitative estimate of drug-likeness (QED) is 0.417. The number of carbonyl (C=O) groups excluding carboxylic acids is 1. The molecule has 152 valence electrons. The van der Waals surface area contributed by atoms with Crippen LogP contribution < -0.4 is 10.6 Å². The van der Waals surface area contributed by atoms with Gasteiger partial charge in [-0.1, -0.05) is 29.8 Å². The van der Waals surface area contributed by atoms with E-state index in [0.29, 0.717) is 27.8 Å². The fourth-order valence-corrected chi connectivity index (χ4v) is 3.10. The largest absolute Gasteiger partial charge is 0.434 e. The molecule has 4 aromatic rings. The Labute approximate surface area is 174 Å². The number of carbonyl (C=O) groups is 1. The predicted octanol–water partition coefficient (Wildman–Crippen LogP) is 6.00. The summed E-state index contributed by atoms with van der Waals surface area (Å²) in [7, 11) is 0. The van der Waals surface area contributed by atoms with Crippen molar-refractivity contribution in [3.63, 3.8) is 0 Å². The molecule has 0 aliphatic rings. The summed E-state index contributed by atoms with van der Waals surface area (Å²) in [4.78, 5) is 15.9. The number of amides is 1. The first kappa shape index (κ1) is 19.8. The van der Waals surface area contributed by atoms with Gasteiger partial charge in [0, 0.05) is 17.6 Å².